The Morgan fingerprint density at radius 3 is 2.06 bits per heavy atom. The second-order valence-corrected chi connectivity index (χ2v) is 4.17. The summed E-state index contributed by atoms with van der Waals surface area (Å²) >= 11 is 0. The van der Waals surface area contributed by atoms with E-state index in [4.69, 9.17) is 4.74 Å². The Bertz CT molecular complexity index is 582. The van der Waals surface area contributed by atoms with Crippen LogP contribution in [0, 0.1) is 0 Å². The highest BCUT2D eigenvalue weighted by molar-refractivity contribution is 6.21. The fraction of sp³-hybridized carbons (Fsp3) is 0.154. The fourth-order valence-electron chi connectivity index (χ4n) is 2.08. The molecule has 0 fully saturated rings. The van der Waals surface area contributed by atoms with Crippen LogP contribution in [0.25, 0.3) is 0 Å². The van der Waals surface area contributed by atoms with E-state index in [9.17, 15) is 14.4 Å². The highest BCUT2D eigenvalue weighted by Crippen LogP contribution is 2.28. The van der Waals surface area contributed by atoms with Crippen molar-refractivity contribution in [1.82, 2.24) is 4.90 Å². The minimum absolute atomic E-state index is 0.344. The van der Waals surface area contributed by atoms with Gasteiger partial charge in [-0.3, -0.25) is 9.59 Å². The van der Waals surface area contributed by atoms with Crippen molar-refractivity contribution < 1.29 is 19.1 Å². The first kappa shape index (κ1) is 10.7. The summed E-state index contributed by atoms with van der Waals surface area (Å²) in [5, 5.41) is 0. The smallest absolute Gasteiger partial charge is 0.335 e. The number of benzene rings is 1. The van der Waals surface area contributed by atoms with E-state index in [0.717, 1.165) is 4.90 Å². The Morgan fingerprint density at radius 1 is 1.06 bits per heavy atom. The molecule has 3 rings (SSSR count). The number of fused-ring (bicyclic) bond motifs is 1. The predicted octanol–water partition coefficient (Wildman–Crippen LogP) is 1.11. The maximum absolute atomic E-state index is 12.1. The third-order valence-corrected chi connectivity index (χ3v) is 3.02. The number of esters is 1. The molecule has 1 atom stereocenters. The number of imide groups is 1. The van der Waals surface area contributed by atoms with Crippen molar-refractivity contribution in [3.63, 3.8) is 0 Å². The Morgan fingerprint density at radius 2 is 1.61 bits per heavy atom. The van der Waals surface area contributed by atoms with Gasteiger partial charge in [-0.2, -0.15) is 0 Å². The summed E-state index contributed by atoms with van der Waals surface area (Å²) in [6.45, 7) is 1.58. The maximum Gasteiger partial charge on any atom is 0.335 e. The van der Waals surface area contributed by atoms with E-state index in [2.05, 4.69) is 0 Å². The Hall–Kier alpha value is -2.43. The number of nitrogens with zero attached hydrogens (tertiary/aromatic N) is 1. The van der Waals surface area contributed by atoms with E-state index >= 15 is 0 Å². The van der Waals surface area contributed by atoms with Crippen LogP contribution in [0.3, 0.4) is 0 Å². The van der Waals surface area contributed by atoms with Crippen molar-refractivity contribution in [2.75, 3.05) is 0 Å². The zero-order valence-electron chi connectivity index (χ0n) is 9.54. The maximum atomic E-state index is 12.1. The molecule has 1 aromatic carbocycles. The van der Waals surface area contributed by atoms with E-state index < -0.39 is 24.0 Å². The summed E-state index contributed by atoms with van der Waals surface area (Å²) in [6.07, 6.45) is 0.550. The van der Waals surface area contributed by atoms with Crippen molar-refractivity contribution in [3.8, 4) is 0 Å². The first-order valence-corrected chi connectivity index (χ1v) is 5.46. The number of rotatable bonds is 1. The minimum atomic E-state index is -0.926. The van der Waals surface area contributed by atoms with Crippen molar-refractivity contribution >= 4 is 17.8 Å². The van der Waals surface area contributed by atoms with Crippen LogP contribution in [0.5, 0.6) is 0 Å². The SMILES string of the molecule is CC1=CC(N2C(=O)c3ccccc3C2=O)OC1=O. The minimum Gasteiger partial charge on any atom is -0.434 e. The van der Waals surface area contributed by atoms with E-state index in [1.54, 1.807) is 31.2 Å². The molecule has 5 heteroatoms. The second kappa shape index (κ2) is 3.53. The quantitative estimate of drug-likeness (QED) is 0.547. The molecule has 0 bridgehead atoms. The lowest BCUT2D eigenvalue weighted by molar-refractivity contribution is -0.143. The molecule has 1 unspecified atom stereocenters. The van der Waals surface area contributed by atoms with Crippen LogP contribution in [0.4, 0.5) is 0 Å². The standard InChI is InChI=1S/C13H9NO4/c1-7-6-10(18-13(7)17)14-11(15)8-4-2-3-5-9(8)12(14)16/h2-6,10H,1H3. The van der Waals surface area contributed by atoms with Gasteiger partial charge in [0.1, 0.15) is 0 Å². The lowest BCUT2D eigenvalue weighted by atomic mass is 10.1. The fourth-order valence-corrected chi connectivity index (χ4v) is 2.08. The Balaban J connectivity index is 2.01. The van der Waals surface area contributed by atoms with Crippen LogP contribution in [-0.2, 0) is 9.53 Å². The van der Waals surface area contributed by atoms with Crippen LogP contribution in [0.1, 0.15) is 27.6 Å². The predicted molar refractivity (Wildman–Crippen MR) is 60.6 cm³/mol. The summed E-state index contributed by atoms with van der Waals surface area (Å²) in [5.41, 5.74) is 1.09. The van der Waals surface area contributed by atoms with Gasteiger partial charge in [-0.05, 0) is 25.1 Å². The number of carbonyl (C=O) groups excluding carboxylic acids is 3. The van der Waals surface area contributed by atoms with Gasteiger partial charge >= 0.3 is 5.97 Å². The molecule has 5 nitrogen and oxygen atoms in total. The summed E-state index contributed by atoms with van der Waals surface area (Å²) in [5.74, 6) is -1.37. The van der Waals surface area contributed by atoms with E-state index in [1.807, 2.05) is 0 Å². The van der Waals surface area contributed by atoms with Gasteiger partial charge in [0.2, 0.25) is 6.23 Å². The normalized spacial score (nSPS) is 22.1. The molecule has 2 aliphatic heterocycles. The van der Waals surface area contributed by atoms with Gasteiger partial charge in [0.05, 0.1) is 11.1 Å². The van der Waals surface area contributed by atoms with Crippen LogP contribution in [-0.4, -0.2) is 28.9 Å². The number of ether oxygens (including phenoxy) is 1. The Kier molecular flexibility index (Phi) is 2.10. The van der Waals surface area contributed by atoms with Crippen molar-refractivity contribution in [3.05, 3.63) is 47.0 Å². The highest BCUT2D eigenvalue weighted by Gasteiger charge is 2.42. The summed E-state index contributed by atoms with van der Waals surface area (Å²) in [4.78, 5) is 36.4. The van der Waals surface area contributed by atoms with Crippen LogP contribution >= 0.6 is 0 Å². The number of cyclic esters (lactones) is 1. The molecule has 0 saturated heterocycles. The molecule has 0 aromatic heterocycles. The number of hydrogen-bond donors (Lipinski definition) is 0. The Labute approximate surface area is 103 Å². The molecule has 18 heavy (non-hydrogen) atoms. The van der Waals surface area contributed by atoms with Crippen LogP contribution in [0.15, 0.2) is 35.9 Å². The van der Waals surface area contributed by atoms with E-state index in [1.165, 1.54) is 6.08 Å². The molecule has 0 saturated carbocycles. The van der Waals surface area contributed by atoms with Crippen LogP contribution in [0.2, 0.25) is 0 Å². The van der Waals surface area contributed by atoms with Gasteiger partial charge in [0.15, 0.2) is 0 Å². The highest BCUT2D eigenvalue weighted by atomic mass is 16.6. The molecule has 0 aliphatic carbocycles. The third kappa shape index (κ3) is 1.30. The molecular formula is C13H9NO4. The molecule has 0 spiro atoms. The van der Waals surface area contributed by atoms with Crippen molar-refractivity contribution in [2.24, 2.45) is 0 Å². The lowest BCUT2D eigenvalue weighted by Gasteiger charge is -2.19. The number of carbonyl (C=O) groups is 3. The van der Waals surface area contributed by atoms with Gasteiger partial charge in [-0.15, -0.1) is 0 Å². The van der Waals surface area contributed by atoms with E-state index in [-0.39, 0.29) is 0 Å². The zero-order chi connectivity index (χ0) is 12.9. The number of hydrogen-bond acceptors (Lipinski definition) is 4. The zero-order valence-corrected chi connectivity index (χ0v) is 9.54. The largest absolute Gasteiger partial charge is 0.434 e. The second-order valence-electron chi connectivity index (χ2n) is 4.17. The van der Waals surface area contributed by atoms with E-state index in [0.29, 0.717) is 16.7 Å². The van der Waals surface area contributed by atoms with Crippen LogP contribution < -0.4 is 0 Å². The lowest BCUT2D eigenvalue weighted by Crippen LogP contribution is -2.39. The molecule has 1 aromatic rings. The molecule has 0 radical (unpaired) electrons. The molecule has 2 amide bonds. The molecule has 2 heterocycles. The topological polar surface area (TPSA) is 63.7 Å². The van der Waals surface area contributed by atoms with Gasteiger partial charge in [-0.25, -0.2) is 9.69 Å². The monoisotopic (exact) mass is 243 g/mol. The average molecular weight is 243 g/mol. The average Bonchev–Trinajstić information content (AvgIpc) is 2.80. The summed E-state index contributed by atoms with van der Waals surface area (Å²) < 4.78 is 4.98. The molecular weight excluding hydrogens is 234 g/mol. The van der Waals surface area contributed by atoms with Gasteiger partial charge in [0, 0.05) is 5.57 Å². The van der Waals surface area contributed by atoms with Crippen molar-refractivity contribution in [1.29, 1.82) is 0 Å². The summed E-state index contributed by atoms with van der Waals surface area (Å²) in [7, 11) is 0. The number of amides is 2. The molecule has 90 valence electrons. The molecule has 2 aliphatic rings. The van der Waals surface area contributed by atoms with Gasteiger partial charge < -0.3 is 4.74 Å². The first-order chi connectivity index (χ1) is 8.59. The summed E-state index contributed by atoms with van der Waals surface area (Å²) in [6, 6.07) is 6.55. The van der Waals surface area contributed by atoms with Crippen molar-refractivity contribution in [2.45, 2.75) is 13.2 Å². The third-order valence-electron chi connectivity index (χ3n) is 3.02. The first-order valence-electron chi connectivity index (χ1n) is 5.46. The molecule has 0 N–H and O–H groups in total. The van der Waals surface area contributed by atoms with Gasteiger partial charge in [0.25, 0.3) is 11.8 Å². The van der Waals surface area contributed by atoms with Gasteiger partial charge in [-0.1, -0.05) is 12.1 Å².